The predicted molar refractivity (Wildman–Crippen MR) is 92.2 cm³/mol. The molecule has 0 aliphatic carbocycles. The van der Waals surface area contributed by atoms with E-state index in [-0.39, 0.29) is 34.7 Å². The molecule has 6 nitrogen and oxygen atoms in total. The van der Waals surface area contributed by atoms with Gasteiger partial charge in [0.2, 0.25) is 0 Å². The van der Waals surface area contributed by atoms with Gasteiger partial charge >= 0.3 is 0 Å². The second kappa shape index (κ2) is 6.33. The van der Waals surface area contributed by atoms with Crippen molar-refractivity contribution in [2.24, 2.45) is 0 Å². The van der Waals surface area contributed by atoms with Crippen LogP contribution in [0.5, 0.6) is 5.75 Å². The summed E-state index contributed by atoms with van der Waals surface area (Å²) in [6.07, 6.45) is 0. The Balaban J connectivity index is 2.08. The zero-order valence-corrected chi connectivity index (χ0v) is 14.4. The molecule has 0 saturated heterocycles. The van der Waals surface area contributed by atoms with Crippen LogP contribution in [-0.4, -0.2) is 27.5 Å². The molecule has 3 rings (SSSR count). The van der Waals surface area contributed by atoms with Crippen LogP contribution in [0.15, 0.2) is 47.4 Å². The standard InChI is InChI=1S/C16H15ClN2O4S/c1-2-19(11-6-4-3-5-7-11)24(21,22)15-9-14-13(8-12(15)17)18-16(20)10-23-14/h3-9H,2,10H2,1H3,(H,18,20). The molecule has 0 radical (unpaired) electrons. The van der Waals surface area contributed by atoms with Crippen molar-refractivity contribution in [3.8, 4) is 5.75 Å². The number of nitrogens with one attached hydrogen (secondary N) is 1. The van der Waals surface area contributed by atoms with Gasteiger partial charge in [-0.2, -0.15) is 0 Å². The van der Waals surface area contributed by atoms with E-state index in [1.807, 2.05) is 6.07 Å². The Morgan fingerprint density at radius 3 is 2.62 bits per heavy atom. The van der Waals surface area contributed by atoms with Gasteiger partial charge in [-0.05, 0) is 25.1 Å². The van der Waals surface area contributed by atoms with E-state index >= 15 is 0 Å². The molecule has 0 atom stereocenters. The molecule has 1 aliphatic rings. The maximum atomic E-state index is 13.0. The van der Waals surface area contributed by atoms with Crippen molar-refractivity contribution in [2.45, 2.75) is 11.8 Å². The predicted octanol–water partition coefficient (Wildman–Crippen LogP) is 2.89. The molecule has 1 aliphatic heterocycles. The Hall–Kier alpha value is -2.25. The Morgan fingerprint density at radius 2 is 1.96 bits per heavy atom. The van der Waals surface area contributed by atoms with E-state index in [4.69, 9.17) is 16.3 Å². The molecule has 1 heterocycles. The van der Waals surface area contributed by atoms with E-state index < -0.39 is 10.0 Å². The quantitative estimate of drug-likeness (QED) is 0.902. The SMILES string of the molecule is CCN(c1ccccc1)S(=O)(=O)c1cc2c(cc1Cl)NC(=O)CO2. The van der Waals surface area contributed by atoms with Crippen LogP contribution in [0, 0.1) is 0 Å². The molecular formula is C16H15ClN2O4S. The minimum Gasteiger partial charge on any atom is -0.482 e. The highest BCUT2D eigenvalue weighted by Gasteiger charge is 2.29. The first-order chi connectivity index (χ1) is 11.4. The van der Waals surface area contributed by atoms with Crippen LogP contribution in [0.2, 0.25) is 5.02 Å². The van der Waals surface area contributed by atoms with E-state index in [0.29, 0.717) is 11.4 Å². The number of sulfonamides is 1. The molecule has 126 valence electrons. The first-order valence-corrected chi connectivity index (χ1v) is 9.09. The molecule has 2 aromatic carbocycles. The second-order valence-corrected chi connectivity index (χ2v) is 7.36. The van der Waals surface area contributed by atoms with Crippen LogP contribution in [0.3, 0.4) is 0 Å². The minimum atomic E-state index is -3.87. The zero-order chi connectivity index (χ0) is 17.3. The molecule has 0 bridgehead atoms. The summed E-state index contributed by atoms with van der Waals surface area (Å²) in [5, 5.41) is 2.62. The zero-order valence-electron chi connectivity index (χ0n) is 12.8. The monoisotopic (exact) mass is 366 g/mol. The van der Waals surface area contributed by atoms with Gasteiger partial charge in [-0.25, -0.2) is 8.42 Å². The summed E-state index contributed by atoms with van der Waals surface area (Å²) in [5.74, 6) is -0.0321. The van der Waals surface area contributed by atoms with Crippen molar-refractivity contribution in [3.05, 3.63) is 47.5 Å². The van der Waals surface area contributed by atoms with Gasteiger partial charge in [-0.3, -0.25) is 9.10 Å². The van der Waals surface area contributed by atoms with Gasteiger partial charge in [0.05, 0.1) is 16.4 Å². The molecule has 0 spiro atoms. The lowest BCUT2D eigenvalue weighted by Crippen LogP contribution is -2.31. The highest BCUT2D eigenvalue weighted by molar-refractivity contribution is 7.93. The third kappa shape index (κ3) is 2.92. The van der Waals surface area contributed by atoms with Gasteiger partial charge in [-0.15, -0.1) is 0 Å². The molecule has 0 aromatic heterocycles. The fourth-order valence-electron chi connectivity index (χ4n) is 2.48. The molecule has 8 heteroatoms. The molecule has 0 saturated carbocycles. The van der Waals surface area contributed by atoms with Crippen LogP contribution < -0.4 is 14.4 Å². The number of para-hydroxylation sites is 1. The van der Waals surface area contributed by atoms with Gasteiger partial charge in [0.25, 0.3) is 15.9 Å². The third-order valence-electron chi connectivity index (χ3n) is 3.57. The van der Waals surface area contributed by atoms with E-state index in [0.717, 1.165) is 0 Å². The Labute approximate surface area is 145 Å². The van der Waals surface area contributed by atoms with Crippen molar-refractivity contribution in [1.29, 1.82) is 0 Å². The number of carbonyl (C=O) groups excluding carboxylic acids is 1. The summed E-state index contributed by atoms with van der Waals surface area (Å²) in [4.78, 5) is 11.3. The van der Waals surface area contributed by atoms with Crippen LogP contribution >= 0.6 is 11.6 Å². The van der Waals surface area contributed by atoms with Crippen LogP contribution in [0.1, 0.15) is 6.92 Å². The minimum absolute atomic E-state index is 0.0222. The maximum absolute atomic E-state index is 13.0. The number of anilines is 2. The van der Waals surface area contributed by atoms with Crippen molar-refractivity contribution in [3.63, 3.8) is 0 Å². The summed E-state index contributed by atoms with van der Waals surface area (Å²) in [6, 6.07) is 11.5. The molecule has 0 unspecified atom stereocenters. The van der Waals surface area contributed by atoms with E-state index in [2.05, 4.69) is 5.32 Å². The number of hydrogen-bond acceptors (Lipinski definition) is 4. The number of halogens is 1. The van der Waals surface area contributed by atoms with Gasteiger partial charge in [0.1, 0.15) is 10.6 Å². The number of amides is 1. The van der Waals surface area contributed by atoms with Gasteiger partial charge < -0.3 is 10.1 Å². The van der Waals surface area contributed by atoms with Gasteiger partial charge in [0.15, 0.2) is 6.61 Å². The summed E-state index contributed by atoms with van der Waals surface area (Å²) in [7, 11) is -3.87. The highest BCUT2D eigenvalue weighted by atomic mass is 35.5. The lowest BCUT2D eigenvalue weighted by Gasteiger charge is -2.25. The normalized spacial score (nSPS) is 13.7. The van der Waals surface area contributed by atoms with Crippen molar-refractivity contribution < 1.29 is 17.9 Å². The number of hydrogen-bond donors (Lipinski definition) is 1. The first kappa shape index (κ1) is 16.6. The van der Waals surface area contributed by atoms with Crippen LogP contribution in [-0.2, 0) is 14.8 Å². The molecular weight excluding hydrogens is 352 g/mol. The van der Waals surface area contributed by atoms with Gasteiger partial charge in [-0.1, -0.05) is 29.8 Å². The number of nitrogens with zero attached hydrogens (tertiary/aromatic N) is 1. The fourth-order valence-corrected chi connectivity index (χ4v) is 4.48. The van der Waals surface area contributed by atoms with E-state index in [1.165, 1.54) is 16.4 Å². The number of ether oxygens (including phenoxy) is 1. The first-order valence-electron chi connectivity index (χ1n) is 7.27. The van der Waals surface area contributed by atoms with E-state index in [1.54, 1.807) is 31.2 Å². The van der Waals surface area contributed by atoms with Crippen LogP contribution in [0.4, 0.5) is 11.4 Å². The molecule has 2 aromatic rings. The molecule has 0 fully saturated rings. The summed E-state index contributed by atoms with van der Waals surface area (Å²) in [5.41, 5.74) is 0.904. The number of fused-ring (bicyclic) bond motifs is 1. The summed E-state index contributed by atoms with van der Waals surface area (Å²) >= 11 is 6.17. The third-order valence-corrected chi connectivity index (χ3v) is 5.93. The maximum Gasteiger partial charge on any atom is 0.265 e. The largest absolute Gasteiger partial charge is 0.482 e. The summed E-state index contributed by atoms with van der Waals surface area (Å²) in [6.45, 7) is 1.83. The number of rotatable bonds is 4. The molecule has 1 N–H and O–H groups in total. The highest BCUT2D eigenvalue weighted by Crippen LogP contribution is 2.37. The average molecular weight is 367 g/mol. The van der Waals surface area contributed by atoms with Crippen molar-refractivity contribution in [2.75, 3.05) is 22.8 Å². The van der Waals surface area contributed by atoms with Crippen LogP contribution in [0.25, 0.3) is 0 Å². The van der Waals surface area contributed by atoms with E-state index in [9.17, 15) is 13.2 Å². The topological polar surface area (TPSA) is 75.7 Å². The lowest BCUT2D eigenvalue weighted by molar-refractivity contribution is -0.118. The summed E-state index contributed by atoms with van der Waals surface area (Å²) < 4.78 is 32.6. The lowest BCUT2D eigenvalue weighted by atomic mass is 10.2. The average Bonchev–Trinajstić information content (AvgIpc) is 2.55. The van der Waals surface area contributed by atoms with Crippen molar-refractivity contribution >= 4 is 38.9 Å². The van der Waals surface area contributed by atoms with Crippen molar-refractivity contribution in [1.82, 2.24) is 0 Å². The Morgan fingerprint density at radius 1 is 1.25 bits per heavy atom. The smallest absolute Gasteiger partial charge is 0.265 e. The number of benzene rings is 2. The Bertz CT molecular complexity index is 884. The second-order valence-electron chi connectivity index (χ2n) is 5.12. The molecule has 24 heavy (non-hydrogen) atoms. The number of carbonyl (C=O) groups is 1. The van der Waals surface area contributed by atoms with Gasteiger partial charge in [0, 0.05) is 12.6 Å². The molecule has 1 amide bonds. The Kier molecular flexibility index (Phi) is 4.38. The fraction of sp³-hybridized carbons (Fsp3) is 0.188.